The molecular weight excluding hydrogens is 210 g/mol. The van der Waals surface area contributed by atoms with E-state index in [-0.39, 0.29) is 5.92 Å². The highest BCUT2D eigenvalue weighted by atomic mass is 15.4. The minimum Gasteiger partial charge on any atom is -0.253 e. The van der Waals surface area contributed by atoms with E-state index in [4.69, 9.17) is 0 Å². The average Bonchev–Trinajstić information content (AvgIpc) is 2.83. The Labute approximate surface area is 102 Å². The molecule has 3 heteroatoms. The van der Waals surface area contributed by atoms with Crippen molar-refractivity contribution in [3.8, 4) is 6.07 Å². The fourth-order valence-corrected chi connectivity index (χ4v) is 3.24. The van der Waals surface area contributed by atoms with Crippen LogP contribution in [0.25, 0.3) is 0 Å². The van der Waals surface area contributed by atoms with Gasteiger partial charge in [-0.25, -0.2) is 5.43 Å². The summed E-state index contributed by atoms with van der Waals surface area (Å²) in [6, 6.07) is 13.7. The summed E-state index contributed by atoms with van der Waals surface area (Å²) >= 11 is 0. The highest BCUT2D eigenvalue weighted by Gasteiger charge is 2.42. The van der Waals surface area contributed by atoms with Crippen molar-refractivity contribution < 1.29 is 0 Å². The third kappa shape index (κ3) is 1.84. The lowest BCUT2D eigenvalue weighted by atomic mass is 9.74. The van der Waals surface area contributed by atoms with Crippen LogP contribution in [0.5, 0.6) is 0 Å². The van der Waals surface area contributed by atoms with E-state index >= 15 is 0 Å². The quantitative estimate of drug-likeness (QED) is 0.772. The summed E-state index contributed by atoms with van der Waals surface area (Å²) in [5, 5.41) is 9.18. The Balaban J connectivity index is 1.84. The van der Waals surface area contributed by atoms with Crippen molar-refractivity contribution in [2.24, 2.45) is 11.8 Å². The van der Waals surface area contributed by atoms with Gasteiger partial charge in [0.1, 0.15) is 0 Å². The normalized spacial score (nSPS) is 36.2. The van der Waals surface area contributed by atoms with Gasteiger partial charge in [-0.2, -0.15) is 5.26 Å². The van der Waals surface area contributed by atoms with E-state index in [0.29, 0.717) is 18.0 Å². The molecule has 1 aromatic carbocycles. The minimum atomic E-state index is 0.162. The maximum atomic E-state index is 9.18. The first-order chi connectivity index (χ1) is 8.40. The van der Waals surface area contributed by atoms with E-state index in [1.807, 2.05) is 6.07 Å². The van der Waals surface area contributed by atoms with E-state index in [9.17, 15) is 5.26 Å². The Hall–Kier alpha value is -1.37. The predicted octanol–water partition coefficient (Wildman–Crippen LogP) is 2.14. The molecule has 0 aromatic heterocycles. The van der Waals surface area contributed by atoms with Crippen LogP contribution in [0.4, 0.5) is 0 Å². The van der Waals surface area contributed by atoms with Crippen molar-refractivity contribution in [1.82, 2.24) is 10.9 Å². The maximum absolute atomic E-state index is 9.18. The second kappa shape index (κ2) is 4.48. The van der Waals surface area contributed by atoms with Crippen LogP contribution in [0.15, 0.2) is 30.3 Å². The Kier molecular flexibility index (Phi) is 2.84. The van der Waals surface area contributed by atoms with Crippen LogP contribution in [-0.4, -0.2) is 6.04 Å². The summed E-state index contributed by atoms with van der Waals surface area (Å²) in [4.78, 5) is 0. The number of hydrogen-bond acceptors (Lipinski definition) is 3. The molecule has 17 heavy (non-hydrogen) atoms. The van der Waals surface area contributed by atoms with Crippen molar-refractivity contribution >= 4 is 0 Å². The number of hydrogen-bond donors (Lipinski definition) is 2. The number of nitrogens with one attached hydrogen (secondary N) is 2. The summed E-state index contributed by atoms with van der Waals surface area (Å²) in [7, 11) is 0. The number of nitrogens with zero attached hydrogens (tertiary/aromatic N) is 1. The largest absolute Gasteiger partial charge is 0.253 e. The smallest absolute Gasteiger partial charge is 0.0672 e. The molecule has 1 aliphatic carbocycles. The van der Waals surface area contributed by atoms with Gasteiger partial charge in [-0.15, -0.1) is 0 Å². The van der Waals surface area contributed by atoms with Crippen molar-refractivity contribution in [2.45, 2.75) is 31.3 Å². The Morgan fingerprint density at radius 3 is 2.71 bits per heavy atom. The second-order valence-electron chi connectivity index (χ2n) is 5.03. The topological polar surface area (TPSA) is 47.9 Å². The molecule has 0 bridgehead atoms. The molecule has 4 unspecified atom stereocenters. The number of rotatable bonds is 1. The lowest BCUT2D eigenvalue weighted by Crippen LogP contribution is -2.39. The van der Waals surface area contributed by atoms with Crippen molar-refractivity contribution in [3.63, 3.8) is 0 Å². The molecule has 0 radical (unpaired) electrons. The van der Waals surface area contributed by atoms with Gasteiger partial charge >= 0.3 is 0 Å². The molecule has 2 aliphatic rings. The molecule has 1 saturated carbocycles. The maximum Gasteiger partial charge on any atom is 0.0672 e. The fraction of sp³-hybridized carbons (Fsp3) is 0.500. The monoisotopic (exact) mass is 227 g/mol. The van der Waals surface area contributed by atoms with E-state index in [1.165, 1.54) is 18.4 Å². The Morgan fingerprint density at radius 1 is 1.12 bits per heavy atom. The number of fused-ring (bicyclic) bond motifs is 1. The Bertz CT molecular complexity index is 423. The summed E-state index contributed by atoms with van der Waals surface area (Å²) in [5.41, 5.74) is 8.04. The number of hydrazine groups is 1. The number of nitriles is 1. The molecular formula is C14H17N3. The minimum absolute atomic E-state index is 0.162. The molecule has 1 aromatic rings. The van der Waals surface area contributed by atoms with Gasteiger partial charge in [-0.05, 0) is 24.3 Å². The SMILES string of the molecule is N#CC1CCCC2C(c3ccccc3)NNC12. The van der Waals surface area contributed by atoms with E-state index < -0.39 is 0 Å². The molecule has 0 amide bonds. The van der Waals surface area contributed by atoms with E-state index in [2.05, 4.69) is 41.2 Å². The fourth-order valence-electron chi connectivity index (χ4n) is 3.24. The molecule has 2 fully saturated rings. The second-order valence-corrected chi connectivity index (χ2v) is 5.03. The highest BCUT2D eigenvalue weighted by Crippen LogP contribution is 2.40. The molecule has 1 saturated heterocycles. The van der Waals surface area contributed by atoms with Gasteiger partial charge in [0.15, 0.2) is 0 Å². The van der Waals surface area contributed by atoms with Crippen LogP contribution in [0, 0.1) is 23.2 Å². The molecule has 3 rings (SSSR count). The molecule has 1 heterocycles. The summed E-state index contributed by atoms with van der Waals surface area (Å²) in [6.45, 7) is 0. The summed E-state index contributed by atoms with van der Waals surface area (Å²) < 4.78 is 0. The van der Waals surface area contributed by atoms with E-state index in [1.54, 1.807) is 0 Å². The van der Waals surface area contributed by atoms with Crippen LogP contribution in [-0.2, 0) is 0 Å². The predicted molar refractivity (Wildman–Crippen MR) is 65.7 cm³/mol. The van der Waals surface area contributed by atoms with Crippen molar-refractivity contribution in [3.05, 3.63) is 35.9 Å². The van der Waals surface area contributed by atoms with Gasteiger partial charge in [0.25, 0.3) is 0 Å². The van der Waals surface area contributed by atoms with Crippen LogP contribution >= 0.6 is 0 Å². The number of benzene rings is 1. The Morgan fingerprint density at radius 2 is 1.94 bits per heavy atom. The highest BCUT2D eigenvalue weighted by molar-refractivity contribution is 5.22. The summed E-state index contributed by atoms with van der Waals surface area (Å²) in [5.74, 6) is 0.714. The summed E-state index contributed by atoms with van der Waals surface area (Å²) in [6.07, 6.45) is 3.42. The molecule has 2 N–H and O–H groups in total. The third-order valence-electron chi connectivity index (χ3n) is 4.11. The first kappa shape index (κ1) is 10.8. The van der Waals surface area contributed by atoms with Crippen LogP contribution in [0.1, 0.15) is 30.9 Å². The molecule has 0 spiro atoms. The molecule has 88 valence electrons. The van der Waals surface area contributed by atoms with Crippen molar-refractivity contribution in [2.75, 3.05) is 0 Å². The van der Waals surface area contributed by atoms with Gasteiger partial charge in [-0.1, -0.05) is 36.8 Å². The van der Waals surface area contributed by atoms with Crippen LogP contribution in [0.2, 0.25) is 0 Å². The lowest BCUT2D eigenvalue weighted by molar-refractivity contribution is 0.260. The zero-order valence-electron chi connectivity index (χ0n) is 9.76. The third-order valence-corrected chi connectivity index (χ3v) is 4.11. The van der Waals surface area contributed by atoms with Gasteiger partial charge in [0.2, 0.25) is 0 Å². The standard InChI is InChI=1S/C14H17N3/c15-9-11-7-4-8-12-13(16-17-14(11)12)10-5-2-1-3-6-10/h1-3,5-6,11-14,16-17H,4,7-8H2. The van der Waals surface area contributed by atoms with Crippen LogP contribution < -0.4 is 10.9 Å². The molecule has 3 nitrogen and oxygen atoms in total. The first-order valence-corrected chi connectivity index (χ1v) is 6.36. The van der Waals surface area contributed by atoms with Crippen molar-refractivity contribution in [1.29, 1.82) is 5.26 Å². The lowest BCUT2D eigenvalue weighted by Gasteiger charge is -2.30. The first-order valence-electron chi connectivity index (χ1n) is 6.36. The van der Waals surface area contributed by atoms with Gasteiger partial charge in [0, 0.05) is 6.04 Å². The van der Waals surface area contributed by atoms with Gasteiger partial charge in [-0.3, -0.25) is 5.43 Å². The van der Waals surface area contributed by atoms with Crippen LogP contribution in [0.3, 0.4) is 0 Å². The molecule has 1 aliphatic heterocycles. The zero-order valence-corrected chi connectivity index (χ0v) is 9.76. The van der Waals surface area contributed by atoms with Gasteiger partial charge < -0.3 is 0 Å². The zero-order chi connectivity index (χ0) is 11.7. The van der Waals surface area contributed by atoms with Gasteiger partial charge in [0.05, 0.1) is 18.0 Å². The molecule has 4 atom stereocenters. The average molecular weight is 227 g/mol. The van der Waals surface area contributed by atoms with E-state index in [0.717, 1.165) is 6.42 Å².